The predicted molar refractivity (Wildman–Crippen MR) is 106 cm³/mol. The summed E-state index contributed by atoms with van der Waals surface area (Å²) in [6.07, 6.45) is 3.23. The smallest absolute Gasteiger partial charge is 0.341 e. The summed E-state index contributed by atoms with van der Waals surface area (Å²) in [4.78, 5) is 35.4. The maximum atomic E-state index is 14.3. The van der Waals surface area contributed by atoms with Crippen molar-refractivity contribution in [2.45, 2.75) is 19.4 Å². The number of aryl methyl sites for hydroxylation is 1. The Balaban J connectivity index is 1.52. The first kappa shape index (κ1) is 21.0. The van der Waals surface area contributed by atoms with Gasteiger partial charge in [0, 0.05) is 18.6 Å². The van der Waals surface area contributed by atoms with Crippen LogP contribution >= 0.6 is 0 Å². The molecular weight excluding hydrogens is 425 g/mol. The molecule has 0 N–H and O–H groups in total. The van der Waals surface area contributed by atoms with Gasteiger partial charge in [-0.3, -0.25) is 14.9 Å². The molecule has 4 rings (SSSR count). The van der Waals surface area contributed by atoms with E-state index in [0.29, 0.717) is 23.7 Å². The largest absolute Gasteiger partial charge is 0.467 e. The van der Waals surface area contributed by atoms with Crippen LogP contribution in [0.5, 0.6) is 0 Å². The molecule has 10 nitrogen and oxygen atoms in total. The van der Waals surface area contributed by atoms with Gasteiger partial charge >= 0.3 is 5.97 Å². The molecule has 0 saturated heterocycles. The molecule has 0 radical (unpaired) electrons. The molecule has 0 bridgehead atoms. The Hall–Kier alpha value is -4.28. The Labute approximate surface area is 180 Å². The van der Waals surface area contributed by atoms with E-state index >= 15 is 0 Å². The van der Waals surface area contributed by atoms with E-state index in [1.54, 1.807) is 24.3 Å². The molecule has 1 atom stereocenters. The number of nitrogens with zero attached hydrogens (tertiary/aromatic N) is 3. The van der Waals surface area contributed by atoms with Gasteiger partial charge in [0.25, 0.3) is 11.6 Å². The zero-order valence-electron chi connectivity index (χ0n) is 16.7. The van der Waals surface area contributed by atoms with Crippen LogP contribution in [0.4, 0.5) is 10.1 Å². The van der Waals surface area contributed by atoms with Gasteiger partial charge in [-0.15, -0.1) is 0 Å². The van der Waals surface area contributed by atoms with Crippen LogP contribution in [0.3, 0.4) is 0 Å². The number of non-ortho nitro benzene ring substituents is 1. The highest BCUT2D eigenvalue weighted by Crippen LogP contribution is 2.33. The lowest BCUT2D eigenvalue weighted by atomic mass is 10.1. The second-order valence-corrected chi connectivity index (χ2v) is 6.96. The van der Waals surface area contributed by atoms with Crippen molar-refractivity contribution >= 4 is 23.3 Å². The summed E-state index contributed by atoms with van der Waals surface area (Å²) in [6.45, 7) is 0.527. The molecule has 0 aliphatic carbocycles. The van der Waals surface area contributed by atoms with E-state index in [-0.39, 0.29) is 5.56 Å². The summed E-state index contributed by atoms with van der Waals surface area (Å²) >= 11 is 0. The van der Waals surface area contributed by atoms with Gasteiger partial charge in [-0.05, 0) is 36.8 Å². The molecule has 1 aliphatic heterocycles. The summed E-state index contributed by atoms with van der Waals surface area (Å²) in [5, 5.41) is 16.4. The van der Waals surface area contributed by atoms with Crippen LogP contribution in [-0.2, 0) is 9.53 Å². The predicted octanol–water partition coefficient (Wildman–Crippen LogP) is 3.76. The van der Waals surface area contributed by atoms with Crippen molar-refractivity contribution in [2.75, 3.05) is 6.61 Å². The number of carbonyl (C=O) groups is 2. The molecule has 1 aliphatic rings. The number of hydrogen-bond donors (Lipinski definition) is 0. The molecule has 2 aromatic heterocycles. The lowest BCUT2D eigenvalue weighted by Gasteiger charge is -2.19. The summed E-state index contributed by atoms with van der Waals surface area (Å²) in [7, 11) is 0. The highest BCUT2D eigenvalue weighted by atomic mass is 19.1. The molecule has 11 heteroatoms. The van der Waals surface area contributed by atoms with Crippen molar-refractivity contribution in [3.63, 3.8) is 0 Å². The SMILES string of the molecule is Cc1cc([N+](=O)[O-])cc(C(=O)OCC(=O)N2N=C(c3ccco3)CC2c2ccco2)c1F. The number of benzene rings is 1. The van der Waals surface area contributed by atoms with Crippen LogP contribution in [0.15, 0.2) is 62.9 Å². The van der Waals surface area contributed by atoms with Gasteiger partial charge < -0.3 is 13.6 Å². The maximum absolute atomic E-state index is 14.3. The second kappa shape index (κ2) is 8.46. The van der Waals surface area contributed by atoms with E-state index in [9.17, 15) is 24.1 Å². The van der Waals surface area contributed by atoms with Crippen molar-refractivity contribution in [3.8, 4) is 0 Å². The van der Waals surface area contributed by atoms with Gasteiger partial charge in [0.05, 0.1) is 17.4 Å². The fraction of sp³-hybridized carbons (Fsp3) is 0.190. The summed E-state index contributed by atoms with van der Waals surface area (Å²) in [5.74, 6) is -1.91. The third-order valence-corrected chi connectivity index (χ3v) is 4.84. The van der Waals surface area contributed by atoms with E-state index in [4.69, 9.17) is 13.6 Å². The van der Waals surface area contributed by atoms with Gasteiger partial charge in [-0.25, -0.2) is 14.2 Å². The average Bonchev–Trinajstić information content (AvgIpc) is 3.53. The number of nitro benzene ring substituents is 1. The molecule has 32 heavy (non-hydrogen) atoms. The lowest BCUT2D eigenvalue weighted by molar-refractivity contribution is -0.385. The summed E-state index contributed by atoms with van der Waals surface area (Å²) in [6, 6.07) is 7.90. The fourth-order valence-corrected chi connectivity index (χ4v) is 3.31. The van der Waals surface area contributed by atoms with Gasteiger partial charge in [-0.2, -0.15) is 5.10 Å². The molecular formula is C21H16FN3O7. The zero-order chi connectivity index (χ0) is 22.8. The minimum absolute atomic E-state index is 0.0948. The third-order valence-electron chi connectivity index (χ3n) is 4.84. The highest BCUT2D eigenvalue weighted by Gasteiger charge is 2.36. The first-order chi connectivity index (χ1) is 15.3. The number of carbonyl (C=O) groups excluding carboxylic acids is 2. The summed E-state index contributed by atoms with van der Waals surface area (Å²) < 4.78 is 30.0. The van der Waals surface area contributed by atoms with Crippen LogP contribution in [-0.4, -0.2) is 34.1 Å². The van der Waals surface area contributed by atoms with E-state index in [0.717, 1.165) is 17.1 Å². The zero-order valence-corrected chi connectivity index (χ0v) is 16.7. The summed E-state index contributed by atoms with van der Waals surface area (Å²) in [5.41, 5.74) is -0.695. The van der Waals surface area contributed by atoms with Crippen molar-refractivity contribution in [3.05, 3.63) is 87.5 Å². The normalized spacial score (nSPS) is 15.5. The Morgan fingerprint density at radius 2 is 2.03 bits per heavy atom. The van der Waals surface area contributed by atoms with Crippen molar-refractivity contribution in [2.24, 2.45) is 5.10 Å². The molecule has 1 amide bonds. The first-order valence-electron chi connectivity index (χ1n) is 9.43. The Morgan fingerprint density at radius 3 is 2.69 bits per heavy atom. The Morgan fingerprint density at radius 1 is 1.28 bits per heavy atom. The van der Waals surface area contributed by atoms with Crippen molar-refractivity contribution in [1.29, 1.82) is 0 Å². The standard InChI is InChI=1S/C21H16FN3O7/c1-12-8-13(25(28)29)9-14(20(12)22)21(27)32-11-19(26)24-16(18-5-3-7-31-18)10-15(23-24)17-4-2-6-30-17/h2-9,16H,10-11H2,1H3. The number of furan rings is 2. The van der Waals surface area contributed by atoms with E-state index in [2.05, 4.69) is 5.10 Å². The topological polar surface area (TPSA) is 128 Å². The molecule has 0 saturated carbocycles. The molecule has 1 aromatic carbocycles. The van der Waals surface area contributed by atoms with Gasteiger partial charge in [-0.1, -0.05) is 0 Å². The molecule has 164 valence electrons. The van der Waals surface area contributed by atoms with Crippen LogP contribution in [0, 0.1) is 22.9 Å². The van der Waals surface area contributed by atoms with Crippen molar-refractivity contribution < 1.29 is 32.5 Å². The minimum atomic E-state index is -1.20. The monoisotopic (exact) mass is 441 g/mol. The third kappa shape index (κ3) is 4.00. The van der Waals surface area contributed by atoms with Gasteiger partial charge in [0.15, 0.2) is 6.61 Å². The number of nitro groups is 1. The van der Waals surface area contributed by atoms with E-state index in [1.807, 2.05) is 0 Å². The molecule has 1 unspecified atom stereocenters. The van der Waals surface area contributed by atoms with Crippen LogP contribution in [0.25, 0.3) is 0 Å². The molecule has 3 aromatic rings. The minimum Gasteiger partial charge on any atom is -0.467 e. The lowest BCUT2D eigenvalue weighted by Crippen LogP contribution is -2.31. The quantitative estimate of drug-likeness (QED) is 0.323. The van der Waals surface area contributed by atoms with Crippen LogP contribution in [0.2, 0.25) is 0 Å². The molecule has 0 fully saturated rings. The van der Waals surface area contributed by atoms with Crippen LogP contribution in [0.1, 0.15) is 39.9 Å². The van der Waals surface area contributed by atoms with Crippen molar-refractivity contribution in [1.82, 2.24) is 5.01 Å². The van der Waals surface area contributed by atoms with E-state index < -0.39 is 46.5 Å². The number of ether oxygens (including phenoxy) is 1. The average molecular weight is 441 g/mol. The number of halogens is 1. The Bertz CT molecular complexity index is 1200. The number of hydrogen-bond acceptors (Lipinski definition) is 8. The Kier molecular flexibility index (Phi) is 5.54. The second-order valence-electron chi connectivity index (χ2n) is 6.96. The van der Waals surface area contributed by atoms with Gasteiger partial charge in [0.2, 0.25) is 0 Å². The number of rotatable bonds is 6. The highest BCUT2D eigenvalue weighted by molar-refractivity contribution is 6.01. The number of amides is 1. The fourth-order valence-electron chi connectivity index (χ4n) is 3.31. The molecule has 0 spiro atoms. The number of hydrazone groups is 1. The van der Waals surface area contributed by atoms with Gasteiger partial charge in [0.1, 0.15) is 34.7 Å². The number of esters is 1. The van der Waals surface area contributed by atoms with Crippen LogP contribution < -0.4 is 0 Å². The maximum Gasteiger partial charge on any atom is 0.341 e. The molecule has 3 heterocycles. The first-order valence-corrected chi connectivity index (χ1v) is 9.43. The van der Waals surface area contributed by atoms with E-state index in [1.165, 1.54) is 19.5 Å².